The molecular formula is C25H25F3N2O5S. The molecule has 1 atom stereocenters. The molecular weight excluding hydrogens is 497 g/mol. The van der Waals surface area contributed by atoms with Gasteiger partial charge in [0.1, 0.15) is 23.4 Å². The number of amides is 1. The van der Waals surface area contributed by atoms with E-state index in [9.17, 15) is 26.4 Å². The summed E-state index contributed by atoms with van der Waals surface area (Å²) in [4.78, 5) is 16.6. The van der Waals surface area contributed by atoms with Gasteiger partial charge in [-0.3, -0.25) is 9.78 Å². The Hall–Kier alpha value is -3.60. The molecule has 0 aliphatic carbocycles. The predicted octanol–water partition coefficient (Wildman–Crippen LogP) is 5.89. The highest BCUT2D eigenvalue weighted by Crippen LogP contribution is 2.38. The van der Waals surface area contributed by atoms with E-state index in [1.165, 1.54) is 33.9 Å². The summed E-state index contributed by atoms with van der Waals surface area (Å²) < 4.78 is 77.4. The SMILES string of the molecule is C[C@@H](Oc1ccc(C(=O)NS(=O)(=O)C(C)(C)C)cc1C(F)(F)F)c1ccc(Oc2ccccc2)cn1. The second kappa shape index (κ2) is 10.2. The number of benzene rings is 2. The number of carbonyl (C=O) groups is 1. The first-order chi connectivity index (χ1) is 16.7. The van der Waals surface area contributed by atoms with Crippen LogP contribution in [0.4, 0.5) is 13.2 Å². The molecule has 1 amide bonds. The molecule has 2 aromatic carbocycles. The first-order valence-corrected chi connectivity index (χ1v) is 12.3. The third-order valence-corrected chi connectivity index (χ3v) is 7.11. The van der Waals surface area contributed by atoms with Gasteiger partial charge >= 0.3 is 6.18 Å². The Morgan fingerprint density at radius 1 is 0.972 bits per heavy atom. The van der Waals surface area contributed by atoms with Gasteiger partial charge in [0.2, 0.25) is 10.0 Å². The van der Waals surface area contributed by atoms with Crippen molar-refractivity contribution in [2.75, 3.05) is 0 Å². The van der Waals surface area contributed by atoms with Gasteiger partial charge in [0.05, 0.1) is 22.2 Å². The highest BCUT2D eigenvalue weighted by atomic mass is 32.2. The summed E-state index contributed by atoms with van der Waals surface area (Å²) in [5.74, 6) is -0.665. The number of aromatic nitrogens is 1. The fourth-order valence-electron chi connectivity index (χ4n) is 2.90. The summed E-state index contributed by atoms with van der Waals surface area (Å²) in [6, 6.07) is 14.8. The number of nitrogens with zero attached hydrogens (tertiary/aromatic N) is 1. The number of halogens is 3. The van der Waals surface area contributed by atoms with Gasteiger partial charge in [0.15, 0.2) is 0 Å². The van der Waals surface area contributed by atoms with Gasteiger partial charge in [-0.2, -0.15) is 13.2 Å². The molecule has 0 aliphatic rings. The molecule has 0 saturated carbocycles. The minimum atomic E-state index is -4.87. The van der Waals surface area contributed by atoms with E-state index in [-0.39, 0.29) is 0 Å². The zero-order valence-corrected chi connectivity index (χ0v) is 20.8. The van der Waals surface area contributed by atoms with Crippen LogP contribution in [-0.4, -0.2) is 24.1 Å². The molecule has 0 unspecified atom stereocenters. The Bertz CT molecular complexity index is 1320. The Labute approximate surface area is 207 Å². The van der Waals surface area contributed by atoms with Crippen molar-refractivity contribution in [1.29, 1.82) is 0 Å². The number of ether oxygens (including phenoxy) is 2. The fraction of sp³-hybridized carbons (Fsp3) is 0.280. The molecule has 0 radical (unpaired) electrons. The van der Waals surface area contributed by atoms with Crippen LogP contribution in [0.2, 0.25) is 0 Å². The van der Waals surface area contributed by atoms with Crippen molar-refractivity contribution >= 4 is 15.9 Å². The Morgan fingerprint density at radius 2 is 1.64 bits per heavy atom. The summed E-state index contributed by atoms with van der Waals surface area (Å²) in [5, 5.41) is 0. The van der Waals surface area contributed by atoms with Crippen LogP contribution in [0.1, 0.15) is 55.4 Å². The van der Waals surface area contributed by atoms with Gasteiger partial charge in [-0.05, 0) is 70.2 Å². The average molecular weight is 523 g/mol. The van der Waals surface area contributed by atoms with E-state index in [2.05, 4.69) is 4.98 Å². The minimum Gasteiger partial charge on any atom is -0.484 e. The fourth-order valence-corrected chi connectivity index (χ4v) is 3.57. The number of hydrogen-bond donors (Lipinski definition) is 1. The van der Waals surface area contributed by atoms with E-state index < -0.39 is 49.8 Å². The molecule has 0 bridgehead atoms. The molecule has 0 fully saturated rings. The molecule has 0 saturated heterocycles. The van der Waals surface area contributed by atoms with Crippen LogP contribution < -0.4 is 14.2 Å². The van der Waals surface area contributed by atoms with E-state index in [1.54, 1.807) is 29.0 Å². The molecule has 11 heteroatoms. The van der Waals surface area contributed by atoms with Crippen LogP contribution in [-0.2, 0) is 16.2 Å². The van der Waals surface area contributed by atoms with Gasteiger partial charge in [-0.15, -0.1) is 0 Å². The van der Waals surface area contributed by atoms with Crippen molar-refractivity contribution < 1.29 is 35.9 Å². The topological polar surface area (TPSA) is 94.6 Å². The molecule has 0 aliphatic heterocycles. The molecule has 3 rings (SSSR count). The highest BCUT2D eigenvalue weighted by Gasteiger charge is 2.37. The largest absolute Gasteiger partial charge is 0.484 e. The zero-order chi connectivity index (χ0) is 26.7. The summed E-state index contributed by atoms with van der Waals surface area (Å²) in [7, 11) is -4.11. The van der Waals surface area contributed by atoms with Gasteiger partial charge in [-0.1, -0.05) is 18.2 Å². The first kappa shape index (κ1) is 27.0. The lowest BCUT2D eigenvalue weighted by molar-refractivity contribution is -0.139. The molecule has 1 heterocycles. The molecule has 0 spiro atoms. The smallest absolute Gasteiger partial charge is 0.419 e. The van der Waals surface area contributed by atoms with E-state index in [0.29, 0.717) is 23.3 Å². The number of sulfonamides is 1. The number of hydrogen-bond acceptors (Lipinski definition) is 6. The van der Waals surface area contributed by atoms with Crippen molar-refractivity contribution in [3.63, 3.8) is 0 Å². The number of para-hydroxylation sites is 1. The Balaban J connectivity index is 1.80. The quantitative estimate of drug-likeness (QED) is 0.416. The maximum atomic E-state index is 13.8. The van der Waals surface area contributed by atoms with Crippen molar-refractivity contribution in [3.05, 3.63) is 83.7 Å². The second-order valence-corrected chi connectivity index (χ2v) is 11.3. The number of nitrogens with one attached hydrogen (secondary N) is 1. The third kappa shape index (κ3) is 6.54. The van der Waals surface area contributed by atoms with Gasteiger partial charge in [0, 0.05) is 5.56 Å². The number of pyridine rings is 1. The van der Waals surface area contributed by atoms with E-state index in [4.69, 9.17) is 9.47 Å². The minimum absolute atomic E-state index is 0.349. The van der Waals surface area contributed by atoms with Crippen LogP contribution in [0.15, 0.2) is 66.9 Å². The zero-order valence-electron chi connectivity index (χ0n) is 20.0. The highest BCUT2D eigenvalue weighted by molar-refractivity contribution is 7.91. The van der Waals surface area contributed by atoms with Crippen molar-refractivity contribution in [2.24, 2.45) is 0 Å². The number of carbonyl (C=O) groups excluding carboxylic acids is 1. The first-order valence-electron chi connectivity index (χ1n) is 10.8. The van der Waals surface area contributed by atoms with Crippen LogP contribution in [0, 0.1) is 0 Å². The summed E-state index contributed by atoms with van der Waals surface area (Å²) >= 11 is 0. The maximum absolute atomic E-state index is 13.8. The van der Waals surface area contributed by atoms with Crippen molar-refractivity contribution in [3.8, 4) is 17.2 Å². The lowest BCUT2D eigenvalue weighted by atomic mass is 10.1. The standard InChI is InChI=1S/C25H25F3N2O5S/c1-16(21-12-11-19(15-29-21)35-18-8-6-5-7-9-18)34-22-13-10-17(14-20(22)25(26,27)28)23(31)30-36(32,33)24(2,3)4/h5-16H,1-4H3,(H,30,31)/t16-/m1/s1. The average Bonchev–Trinajstić information content (AvgIpc) is 2.78. The summed E-state index contributed by atoms with van der Waals surface area (Å²) in [6.45, 7) is 5.60. The van der Waals surface area contributed by atoms with Crippen LogP contribution >= 0.6 is 0 Å². The second-order valence-electron chi connectivity index (χ2n) is 8.85. The monoisotopic (exact) mass is 522 g/mol. The summed E-state index contributed by atoms with van der Waals surface area (Å²) in [6.07, 6.45) is -4.32. The number of rotatable bonds is 7. The molecule has 192 valence electrons. The normalized spacial score (nSPS) is 13.1. The lowest BCUT2D eigenvalue weighted by Crippen LogP contribution is -2.42. The molecule has 3 aromatic rings. The predicted molar refractivity (Wildman–Crippen MR) is 127 cm³/mol. The number of alkyl halides is 3. The Kier molecular flexibility index (Phi) is 7.63. The molecule has 36 heavy (non-hydrogen) atoms. The lowest BCUT2D eigenvalue weighted by Gasteiger charge is -2.21. The van der Waals surface area contributed by atoms with E-state index in [1.807, 2.05) is 18.2 Å². The van der Waals surface area contributed by atoms with Gasteiger partial charge in [-0.25, -0.2) is 13.1 Å². The van der Waals surface area contributed by atoms with Crippen molar-refractivity contribution in [2.45, 2.75) is 44.7 Å². The maximum Gasteiger partial charge on any atom is 0.419 e. The van der Waals surface area contributed by atoms with Gasteiger partial charge < -0.3 is 9.47 Å². The van der Waals surface area contributed by atoms with Gasteiger partial charge in [0.25, 0.3) is 5.91 Å². The van der Waals surface area contributed by atoms with Crippen LogP contribution in [0.5, 0.6) is 17.2 Å². The Morgan fingerprint density at radius 3 is 2.19 bits per heavy atom. The van der Waals surface area contributed by atoms with E-state index in [0.717, 1.165) is 12.1 Å². The third-order valence-electron chi connectivity index (χ3n) is 5.04. The molecule has 1 N–H and O–H groups in total. The molecule has 7 nitrogen and oxygen atoms in total. The van der Waals surface area contributed by atoms with Crippen LogP contribution in [0.25, 0.3) is 0 Å². The summed E-state index contributed by atoms with van der Waals surface area (Å²) in [5.41, 5.74) is -1.35. The van der Waals surface area contributed by atoms with E-state index >= 15 is 0 Å². The molecule has 1 aromatic heterocycles. The van der Waals surface area contributed by atoms with Crippen LogP contribution in [0.3, 0.4) is 0 Å². The van der Waals surface area contributed by atoms with Crippen molar-refractivity contribution in [1.82, 2.24) is 9.71 Å².